The van der Waals surface area contributed by atoms with Crippen molar-refractivity contribution in [1.29, 1.82) is 10.8 Å². The largest absolute Gasteiger partial charge is 0.490 e. The summed E-state index contributed by atoms with van der Waals surface area (Å²) in [5, 5.41) is 16.8. The number of pyridine rings is 3. The molecule has 3 aromatic rings. The number of ether oxygens (including phenoxy) is 2. The van der Waals surface area contributed by atoms with Gasteiger partial charge in [0.25, 0.3) is 5.56 Å². The van der Waals surface area contributed by atoms with Crippen LogP contribution >= 0.6 is 0 Å². The number of aliphatic imine (C=N–C) groups is 1. The fraction of sp³-hybridized carbons (Fsp3) is 0.227. The zero-order chi connectivity index (χ0) is 24.0. The van der Waals surface area contributed by atoms with Crippen LogP contribution in [-0.2, 0) is 11.3 Å². The first-order chi connectivity index (χ1) is 15.9. The molecule has 172 valence electrons. The van der Waals surface area contributed by atoms with E-state index in [2.05, 4.69) is 9.98 Å². The Morgan fingerprint density at radius 2 is 2.15 bits per heavy atom. The first-order valence-corrected chi connectivity index (χ1v) is 9.89. The van der Waals surface area contributed by atoms with Crippen molar-refractivity contribution in [2.45, 2.75) is 6.54 Å². The lowest BCUT2D eigenvalue weighted by Gasteiger charge is -2.14. The van der Waals surface area contributed by atoms with E-state index in [4.69, 9.17) is 26.0 Å². The number of aromatic nitrogens is 3. The van der Waals surface area contributed by atoms with E-state index < -0.39 is 16.9 Å². The van der Waals surface area contributed by atoms with E-state index in [9.17, 15) is 9.18 Å². The van der Waals surface area contributed by atoms with Gasteiger partial charge in [-0.05, 0) is 18.2 Å². The van der Waals surface area contributed by atoms with Crippen molar-refractivity contribution in [3.8, 4) is 5.75 Å². The van der Waals surface area contributed by atoms with E-state index in [1.165, 1.54) is 35.6 Å². The summed E-state index contributed by atoms with van der Waals surface area (Å²) >= 11 is 0. The zero-order valence-electron chi connectivity index (χ0n) is 18.2. The molecule has 0 atom stereocenters. The highest BCUT2D eigenvalue weighted by molar-refractivity contribution is 6.09. The Balaban J connectivity index is 1.96. The van der Waals surface area contributed by atoms with Gasteiger partial charge in [-0.3, -0.25) is 30.2 Å². The second-order valence-electron chi connectivity index (χ2n) is 6.95. The maximum atomic E-state index is 14.4. The van der Waals surface area contributed by atoms with Crippen molar-refractivity contribution in [2.75, 3.05) is 27.4 Å². The van der Waals surface area contributed by atoms with Crippen LogP contribution in [0.4, 0.5) is 4.39 Å². The van der Waals surface area contributed by atoms with Crippen LogP contribution in [0.2, 0.25) is 0 Å². The maximum absolute atomic E-state index is 14.4. The second kappa shape index (κ2) is 10.5. The molecular weight excluding hydrogens is 429 g/mol. The fourth-order valence-corrected chi connectivity index (χ4v) is 3.11. The van der Waals surface area contributed by atoms with E-state index in [1.54, 1.807) is 26.3 Å². The van der Waals surface area contributed by atoms with Gasteiger partial charge in [-0.1, -0.05) is 0 Å². The summed E-state index contributed by atoms with van der Waals surface area (Å²) in [5.41, 5.74) is 5.92. The van der Waals surface area contributed by atoms with Gasteiger partial charge in [-0.15, -0.1) is 0 Å². The van der Waals surface area contributed by atoms with Crippen LogP contribution in [0.3, 0.4) is 0 Å². The summed E-state index contributed by atoms with van der Waals surface area (Å²) in [4.78, 5) is 21.1. The first kappa shape index (κ1) is 23.5. The quantitative estimate of drug-likeness (QED) is 0.268. The number of rotatable bonds is 8. The zero-order valence-corrected chi connectivity index (χ0v) is 18.2. The van der Waals surface area contributed by atoms with Crippen molar-refractivity contribution in [3.63, 3.8) is 0 Å². The molecule has 10 nitrogen and oxygen atoms in total. The molecule has 0 saturated heterocycles. The monoisotopic (exact) mass is 453 g/mol. The third-order valence-electron chi connectivity index (χ3n) is 4.76. The average molecular weight is 453 g/mol. The second-order valence-corrected chi connectivity index (χ2v) is 6.95. The number of nitrogens with zero attached hydrogens (tertiary/aromatic N) is 4. The van der Waals surface area contributed by atoms with Crippen LogP contribution in [0.1, 0.15) is 5.56 Å². The van der Waals surface area contributed by atoms with Crippen molar-refractivity contribution >= 4 is 28.5 Å². The van der Waals surface area contributed by atoms with Crippen molar-refractivity contribution in [3.05, 3.63) is 70.2 Å². The summed E-state index contributed by atoms with van der Waals surface area (Å²) in [6.07, 6.45) is 7.12. The Bertz CT molecular complexity index is 1360. The van der Waals surface area contributed by atoms with E-state index in [1.807, 2.05) is 0 Å². The van der Waals surface area contributed by atoms with Gasteiger partial charge in [-0.25, -0.2) is 4.39 Å². The lowest BCUT2D eigenvalue weighted by atomic mass is 10.1. The SMILES string of the molecule is CN=CC(=CN)c1cc(F)c(=N)n(C(=N)Cn2ccc3ncc(OCCOC)cc3c2=O)c1. The highest BCUT2D eigenvalue weighted by atomic mass is 19.1. The van der Waals surface area contributed by atoms with Crippen molar-refractivity contribution < 1.29 is 13.9 Å². The minimum Gasteiger partial charge on any atom is -0.490 e. The van der Waals surface area contributed by atoms with Crippen molar-refractivity contribution in [1.82, 2.24) is 14.1 Å². The number of halogens is 1. The standard InChI is InChI=1S/C22H24FN7O3/c1-27-10-15(9-24)14-7-18(23)21(26)30(12-14)20(25)13-29-4-3-19-17(22(29)31)8-16(11-28-19)33-6-5-32-2/h3-4,7-12,25-26H,5-6,13,24H2,1-2H3. The van der Waals surface area contributed by atoms with Gasteiger partial charge in [0.2, 0.25) is 0 Å². The third-order valence-corrected chi connectivity index (χ3v) is 4.76. The van der Waals surface area contributed by atoms with Crippen molar-refractivity contribution in [2.24, 2.45) is 10.7 Å². The summed E-state index contributed by atoms with van der Waals surface area (Å²) in [6.45, 7) is 0.496. The summed E-state index contributed by atoms with van der Waals surface area (Å²) in [7, 11) is 3.10. The normalized spacial score (nSPS) is 11.9. The smallest absolute Gasteiger partial charge is 0.260 e. The van der Waals surface area contributed by atoms with Gasteiger partial charge in [0, 0.05) is 50.1 Å². The molecule has 0 aromatic carbocycles. The molecule has 11 heteroatoms. The molecule has 33 heavy (non-hydrogen) atoms. The Labute approximate surface area is 188 Å². The van der Waals surface area contributed by atoms with Gasteiger partial charge in [0.05, 0.1) is 30.3 Å². The molecule has 4 N–H and O–H groups in total. The van der Waals surface area contributed by atoms with E-state index >= 15 is 0 Å². The summed E-state index contributed by atoms with van der Waals surface area (Å²) in [5.74, 6) is -0.609. The number of nitrogens with two attached hydrogens (primary N) is 1. The van der Waals surface area contributed by atoms with Crippen LogP contribution in [0.5, 0.6) is 5.75 Å². The van der Waals surface area contributed by atoms with E-state index in [0.717, 1.165) is 10.6 Å². The number of allylic oxidation sites excluding steroid dienone is 1. The van der Waals surface area contributed by atoms with Gasteiger partial charge in [-0.2, -0.15) is 0 Å². The number of nitrogens with one attached hydrogen (secondary N) is 2. The molecule has 0 unspecified atom stereocenters. The van der Waals surface area contributed by atoms with Crippen LogP contribution in [-0.4, -0.2) is 53.5 Å². The molecule has 0 aliphatic rings. The highest BCUT2D eigenvalue weighted by Crippen LogP contribution is 2.15. The van der Waals surface area contributed by atoms with Gasteiger partial charge < -0.3 is 19.8 Å². The molecule has 0 fully saturated rings. The summed E-state index contributed by atoms with van der Waals surface area (Å²) in [6, 6.07) is 4.36. The Kier molecular flexibility index (Phi) is 7.46. The number of methoxy groups -OCH3 is 1. The molecule has 0 spiro atoms. The molecule has 0 radical (unpaired) electrons. The molecule has 0 aliphatic heterocycles. The Morgan fingerprint density at radius 1 is 1.36 bits per heavy atom. The molecular formula is C22H24FN7O3. The highest BCUT2D eigenvalue weighted by Gasteiger charge is 2.12. The topological polar surface area (TPSA) is 144 Å². The number of fused-ring (bicyclic) bond motifs is 1. The minimum absolute atomic E-state index is 0.188. The van der Waals surface area contributed by atoms with E-state index in [-0.39, 0.29) is 12.4 Å². The predicted octanol–water partition coefficient (Wildman–Crippen LogP) is 1.37. The maximum Gasteiger partial charge on any atom is 0.260 e. The van der Waals surface area contributed by atoms with Gasteiger partial charge in [0.1, 0.15) is 18.2 Å². The Morgan fingerprint density at radius 3 is 2.85 bits per heavy atom. The Hall–Kier alpha value is -4.12. The van der Waals surface area contributed by atoms with Crippen LogP contribution < -0.4 is 21.5 Å². The fourth-order valence-electron chi connectivity index (χ4n) is 3.11. The first-order valence-electron chi connectivity index (χ1n) is 9.89. The van der Waals surface area contributed by atoms with Gasteiger partial charge >= 0.3 is 0 Å². The molecule has 0 amide bonds. The lowest BCUT2D eigenvalue weighted by molar-refractivity contribution is 0.146. The van der Waals surface area contributed by atoms with Crippen LogP contribution in [0.15, 0.2) is 52.8 Å². The molecule has 3 aromatic heterocycles. The molecule has 0 saturated carbocycles. The molecule has 0 bridgehead atoms. The third kappa shape index (κ3) is 5.21. The van der Waals surface area contributed by atoms with E-state index in [0.29, 0.717) is 41.0 Å². The predicted molar refractivity (Wildman–Crippen MR) is 123 cm³/mol. The number of hydrogen-bond donors (Lipinski definition) is 3. The lowest BCUT2D eigenvalue weighted by Crippen LogP contribution is -2.34. The average Bonchev–Trinajstić information content (AvgIpc) is 2.81. The molecule has 3 heterocycles. The molecule has 0 aliphatic carbocycles. The van der Waals surface area contributed by atoms with Gasteiger partial charge in [0.15, 0.2) is 11.3 Å². The number of hydrogen-bond acceptors (Lipinski definition) is 8. The molecule has 3 rings (SSSR count). The summed E-state index contributed by atoms with van der Waals surface area (Å²) < 4.78 is 27.2. The van der Waals surface area contributed by atoms with Crippen LogP contribution in [0, 0.1) is 16.6 Å². The van der Waals surface area contributed by atoms with Crippen LogP contribution in [0.25, 0.3) is 16.5 Å². The minimum atomic E-state index is -0.839.